The number of hydrogen-bond donors (Lipinski definition) is 1. The van der Waals surface area contributed by atoms with E-state index in [1.807, 2.05) is 43.3 Å². The molecule has 1 amide bonds. The summed E-state index contributed by atoms with van der Waals surface area (Å²) < 4.78 is 39.5. The maximum Gasteiger partial charge on any atom is 0.264 e. The predicted molar refractivity (Wildman–Crippen MR) is 149 cm³/mol. The van der Waals surface area contributed by atoms with E-state index in [4.69, 9.17) is 9.47 Å². The molecule has 7 nitrogen and oxygen atoms in total. The monoisotopic (exact) mass is 538 g/mol. The van der Waals surface area contributed by atoms with Crippen molar-refractivity contribution in [2.45, 2.75) is 25.2 Å². The number of nitrogens with zero attached hydrogens (tertiary/aromatic N) is 1. The standard InChI is InChI=1S/C28H30N2O5S2/c1-5-30(37(32,33)23-10-6-19(2)7-11-23)22-9-13-26-21(17-22)18-27(36-26)28(31)29-15-14-20-8-12-24(34-3)25(16-20)35-4/h6-13,16-18H,5,14-15H2,1-4H3,(H,29,31). The van der Waals surface area contributed by atoms with Gasteiger partial charge < -0.3 is 14.8 Å². The van der Waals surface area contributed by atoms with Crippen LogP contribution in [-0.2, 0) is 16.4 Å². The van der Waals surface area contributed by atoms with E-state index in [2.05, 4.69) is 5.32 Å². The summed E-state index contributed by atoms with van der Waals surface area (Å²) in [4.78, 5) is 13.6. The molecule has 0 atom stereocenters. The Morgan fingerprint density at radius 2 is 1.68 bits per heavy atom. The largest absolute Gasteiger partial charge is 0.493 e. The van der Waals surface area contributed by atoms with E-state index < -0.39 is 10.0 Å². The summed E-state index contributed by atoms with van der Waals surface area (Å²) in [5.74, 6) is 1.15. The number of carbonyl (C=O) groups excluding carboxylic acids is 1. The Hall–Kier alpha value is -3.56. The van der Waals surface area contributed by atoms with Gasteiger partial charge in [-0.25, -0.2) is 8.42 Å². The number of fused-ring (bicyclic) bond motifs is 1. The van der Waals surface area contributed by atoms with Crippen LogP contribution in [0.25, 0.3) is 10.1 Å². The lowest BCUT2D eigenvalue weighted by Crippen LogP contribution is -2.30. The van der Waals surface area contributed by atoms with Crippen LogP contribution in [-0.4, -0.2) is 41.6 Å². The van der Waals surface area contributed by atoms with Crippen molar-refractivity contribution in [3.63, 3.8) is 0 Å². The molecule has 3 aromatic carbocycles. The van der Waals surface area contributed by atoms with Gasteiger partial charge in [0.25, 0.3) is 15.9 Å². The maximum atomic E-state index is 13.3. The second kappa shape index (κ2) is 11.2. The van der Waals surface area contributed by atoms with Crippen LogP contribution in [0.5, 0.6) is 11.5 Å². The van der Waals surface area contributed by atoms with Gasteiger partial charge in [-0.2, -0.15) is 0 Å². The zero-order chi connectivity index (χ0) is 26.6. The van der Waals surface area contributed by atoms with Crippen LogP contribution in [0.4, 0.5) is 5.69 Å². The molecule has 0 aliphatic heterocycles. The lowest BCUT2D eigenvalue weighted by Gasteiger charge is -2.23. The van der Waals surface area contributed by atoms with Gasteiger partial charge in [-0.15, -0.1) is 11.3 Å². The topological polar surface area (TPSA) is 84.9 Å². The first-order valence-electron chi connectivity index (χ1n) is 11.9. The highest BCUT2D eigenvalue weighted by molar-refractivity contribution is 7.92. The van der Waals surface area contributed by atoms with Crippen LogP contribution < -0.4 is 19.1 Å². The Balaban J connectivity index is 1.48. The number of benzene rings is 3. The Morgan fingerprint density at radius 1 is 0.946 bits per heavy atom. The first-order chi connectivity index (χ1) is 17.8. The third-order valence-electron chi connectivity index (χ3n) is 6.06. The van der Waals surface area contributed by atoms with E-state index in [9.17, 15) is 13.2 Å². The molecule has 1 heterocycles. The molecule has 0 aliphatic rings. The highest BCUT2D eigenvalue weighted by Crippen LogP contribution is 2.32. The van der Waals surface area contributed by atoms with E-state index in [-0.39, 0.29) is 17.3 Å². The van der Waals surface area contributed by atoms with Crippen molar-refractivity contribution in [3.8, 4) is 11.5 Å². The molecule has 1 N–H and O–H groups in total. The minimum atomic E-state index is -3.71. The number of carbonyl (C=O) groups is 1. The van der Waals surface area contributed by atoms with Gasteiger partial charge in [0.15, 0.2) is 11.5 Å². The number of rotatable bonds is 10. The van der Waals surface area contributed by atoms with Crippen molar-refractivity contribution in [3.05, 3.63) is 82.7 Å². The van der Waals surface area contributed by atoms with Crippen molar-refractivity contribution >= 4 is 43.0 Å². The molecule has 4 aromatic rings. The molecule has 0 fully saturated rings. The number of anilines is 1. The lowest BCUT2D eigenvalue weighted by atomic mass is 10.1. The normalized spacial score (nSPS) is 11.4. The van der Waals surface area contributed by atoms with Crippen LogP contribution in [0.2, 0.25) is 0 Å². The molecule has 1 aromatic heterocycles. The maximum absolute atomic E-state index is 13.3. The number of ether oxygens (including phenoxy) is 2. The van der Waals surface area contributed by atoms with E-state index in [1.54, 1.807) is 51.5 Å². The molecule has 4 rings (SSSR count). The molecule has 194 valence electrons. The van der Waals surface area contributed by atoms with E-state index in [0.29, 0.717) is 35.0 Å². The Morgan fingerprint density at radius 3 is 2.35 bits per heavy atom. The van der Waals surface area contributed by atoms with E-state index in [1.165, 1.54) is 15.6 Å². The number of sulfonamides is 1. The van der Waals surface area contributed by atoms with Gasteiger partial charge in [-0.1, -0.05) is 23.8 Å². The summed E-state index contributed by atoms with van der Waals surface area (Å²) in [6.45, 7) is 4.48. The lowest BCUT2D eigenvalue weighted by molar-refractivity contribution is 0.0958. The van der Waals surface area contributed by atoms with Crippen molar-refractivity contribution < 1.29 is 22.7 Å². The molecule has 0 aliphatic carbocycles. The summed E-state index contributed by atoms with van der Waals surface area (Å²) >= 11 is 1.38. The van der Waals surface area contributed by atoms with Crippen molar-refractivity contribution in [1.29, 1.82) is 0 Å². The van der Waals surface area contributed by atoms with Gasteiger partial charge in [0.2, 0.25) is 0 Å². The molecule has 0 radical (unpaired) electrons. The van der Waals surface area contributed by atoms with Crippen LogP contribution in [0.15, 0.2) is 71.6 Å². The average Bonchev–Trinajstić information content (AvgIpc) is 3.33. The van der Waals surface area contributed by atoms with Crippen molar-refractivity contribution in [1.82, 2.24) is 5.32 Å². The fraction of sp³-hybridized carbons (Fsp3) is 0.250. The number of aryl methyl sites for hydroxylation is 1. The summed E-state index contributed by atoms with van der Waals surface area (Å²) in [7, 11) is -0.523. The quantitative estimate of drug-likeness (QED) is 0.292. The molecule has 37 heavy (non-hydrogen) atoms. The van der Waals surface area contributed by atoms with Crippen molar-refractivity contribution in [2.75, 3.05) is 31.6 Å². The van der Waals surface area contributed by atoms with Gasteiger partial charge in [0.05, 0.1) is 29.7 Å². The van der Waals surface area contributed by atoms with Gasteiger partial charge in [-0.05, 0) is 79.7 Å². The minimum absolute atomic E-state index is 0.164. The molecular formula is C28H30N2O5S2. The third kappa shape index (κ3) is 5.73. The number of thiophene rings is 1. The van der Waals surface area contributed by atoms with Gasteiger partial charge in [0.1, 0.15) is 0 Å². The van der Waals surface area contributed by atoms with Gasteiger partial charge >= 0.3 is 0 Å². The van der Waals surface area contributed by atoms with E-state index in [0.717, 1.165) is 21.2 Å². The van der Waals surface area contributed by atoms with Crippen molar-refractivity contribution in [2.24, 2.45) is 0 Å². The first-order valence-corrected chi connectivity index (χ1v) is 14.1. The smallest absolute Gasteiger partial charge is 0.264 e. The molecule has 0 saturated heterocycles. The molecular weight excluding hydrogens is 508 g/mol. The Labute approximate surface area is 221 Å². The fourth-order valence-electron chi connectivity index (χ4n) is 4.07. The minimum Gasteiger partial charge on any atom is -0.493 e. The van der Waals surface area contributed by atoms with E-state index >= 15 is 0 Å². The molecule has 0 bridgehead atoms. The number of amides is 1. The summed E-state index contributed by atoms with van der Waals surface area (Å²) in [5.41, 5.74) is 2.58. The summed E-state index contributed by atoms with van der Waals surface area (Å²) in [5, 5.41) is 3.79. The summed E-state index contributed by atoms with van der Waals surface area (Å²) in [6, 6.07) is 19.8. The van der Waals surface area contributed by atoms with Crippen LogP contribution >= 0.6 is 11.3 Å². The van der Waals surface area contributed by atoms with Gasteiger partial charge in [0, 0.05) is 17.8 Å². The van der Waals surface area contributed by atoms with Crippen LogP contribution in [0, 0.1) is 6.92 Å². The number of methoxy groups -OCH3 is 2. The zero-order valence-corrected chi connectivity index (χ0v) is 22.9. The third-order valence-corrected chi connectivity index (χ3v) is 9.09. The highest BCUT2D eigenvalue weighted by Gasteiger charge is 2.24. The summed E-state index contributed by atoms with van der Waals surface area (Å²) in [6.07, 6.45) is 0.642. The predicted octanol–water partition coefficient (Wildman–Crippen LogP) is 5.41. The van der Waals surface area contributed by atoms with Gasteiger partial charge in [-0.3, -0.25) is 9.10 Å². The first kappa shape index (κ1) is 26.5. The number of nitrogens with one attached hydrogen (secondary N) is 1. The fourth-order valence-corrected chi connectivity index (χ4v) is 6.50. The molecule has 0 spiro atoms. The molecule has 0 saturated carbocycles. The zero-order valence-electron chi connectivity index (χ0n) is 21.3. The SMILES string of the molecule is CCN(c1ccc2sc(C(=O)NCCc3ccc(OC)c(OC)c3)cc2c1)S(=O)(=O)c1ccc(C)cc1. The second-order valence-corrected chi connectivity index (χ2v) is 11.5. The van der Waals surface area contributed by atoms with Crippen LogP contribution in [0.1, 0.15) is 27.7 Å². The second-order valence-electron chi connectivity index (χ2n) is 8.51. The molecule has 0 unspecified atom stereocenters. The number of hydrogen-bond acceptors (Lipinski definition) is 6. The average molecular weight is 539 g/mol. The van der Waals surface area contributed by atoms with Crippen LogP contribution in [0.3, 0.4) is 0 Å². The Kier molecular flexibility index (Phi) is 8.04. The molecule has 9 heteroatoms. The highest BCUT2D eigenvalue weighted by atomic mass is 32.2. The Bertz CT molecular complexity index is 1510.